The van der Waals surface area contributed by atoms with Gasteiger partial charge in [-0.25, -0.2) is 0 Å². The Balaban J connectivity index is 1.96. The van der Waals surface area contributed by atoms with Crippen LogP contribution in [0.5, 0.6) is 0 Å². The van der Waals surface area contributed by atoms with Crippen molar-refractivity contribution < 1.29 is 9.90 Å². The molecule has 1 saturated heterocycles. The molecule has 0 bridgehead atoms. The number of nitrogens with zero attached hydrogens (tertiary/aromatic N) is 2. The third-order valence-corrected chi connectivity index (χ3v) is 4.88. The summed E-state index contributed by atoms with van der Waals surface area (Å²) in [5, 5.41) is 13.3. The minimum absolute atomic E-state index is 0.190. The maximum Gasteiger partial charge on any atom is 0.228 e. The summed E-state index contributed by atoms with van der Waals surface area (Å²) in [6.45, 7) is 9.16. The number of alkyl halides is 1. The average Bonchev–Trinajstić information content (AvgIpc) is 2.58. The predicted molar refractivity (Wildman–Crippen MR) is 105 cm³/mol. The van der Waals surface area contributed by atoms with Gasteiger partial charge >= 0.3 is 0 Å². The highest BCUT2D eigenvalue weighted by molar-refractivity contribution is 6.33. The summed E-state index contributed by atoms with van der Waals surface area (Å²) in [5.41, 5.74) is 1.47. The number of benzene rings is 1. The number of nitrogens with one attached hydrogen (secondary N) is 1. The van der Waals surface area contributed by atoms with Gasteiger partial charge in [0.2, 0.25) is 5.91 Å². The summed E-state index contributed by atoms with van der Waals surface area (Å²) in [4.78, 5) is 16.5. The lowest BCUT2D eigenvalue weighted by Crippen LogP contribution is -2.51. The van der Waals surface area contributed by atoms with Crippen molar-refractivity contribution >= 4 is 40.5 Å². The summed E-state index contributed by atoms with van der Waals surface area (Å²) >= 11 is 12.0. The average molecular weight is 388 g/mol. The van der Waals surface area contributed by atoms with Crippen LogP contribution in [0.15, 0.2) is 18.2 Å². The second-order valence-electron chi connectivity index (χ2n) is 7.38. The van der Waals surface area contributed by atoms with Gasteiger partial charge in [0.25, 0.3) is 0 Å². The van der Waals surface area contributed by atoms with E-state index >= 15 is 0 Å². The van der Waals surface area contributed by atoms with E-state index in [-0.39, 0.29) is 17.2 Å². The Bertz CT molecular complexity index is 596. The first kappa shape index (κ1) is 20.1. The monoisotopic (exact) mass is 387 g/mol. The molecule has 0 saturated carbocycles. The van der Waals surface area contributed by atoms with Gasteiger partial charge in [-0.15, -0.1) is 11.6 Å². The highest BCUT2D eigenvalue weighted by Gasteiger charge is 2.30. The van der Waals surface area contributed by atoms with Gasteiger partial charge < -0.3 is 20.2 Å². The van der Waals surface area contributed by atoms with Crippen LogP contribution in [0.2, 0.25) is 5.02 Å². The summed E-state index contributed by atoms with van der Waals surface area (Å²) in [6, 6.07) is 5.76. The molecule has 1 aromatic carbocycles. The van der Waals surface area contributed by atoms with Gasteiger partial charge in [0.1, 0.15) is 0 Å². The van der Waals surface area contributed by atoms with Crippen LogP contribution < -0.4 is 10.2 Å². The zero-order valence-corrected chi connectivity index (χ0v) is 16.6. The number of aliphatic hydroxyl groups is 1. The first-order valence-electron chi connectivity index (χ1n) is 8.54. The molecule has 1 amide bonds. The molecule has 0 aliphatic carbocycles. The SMILES string of the molecule is CC(C)(C)C(=O)N1CCN(c2ccc(NCC(O)CCl)cc2Cl)CC1. The summed E-state index contributed by atoms with van der Waals surface area (Å²) in [7, 11) is 0. The van der Waals surface area contributed by atoms with E-state index < -0.39 is 6.10 Å². The lowest BCUT2D eigenvalue weighted by molar-refractivity contribution is -0.139. The Labute approximate surface area is 159 Å². The molecule has 1 aliphatic heterocycles. The van der Waals surface area contributed by atoms with Crippen LogP contribution in [0.1, 0.15) is 20.8 Å². The van der Waals surface area contributed by atoms with E-state index in [0.717, 1.165) is 24.5 Å². The normalized spacial score (nSPS) is 16.7. The number of hydrogen-bond donors (Lipinski definition) is 2. The lowest BCUT2D eigenvalue weighted by Gasteiger charge is -2.39. The molecular formula is C18H27Cl2N3O2. The van der Waals surface area contributed by atoms with Crippen molar-refractivity contribution in [2.24, 2.45) is 5.41 Å². The fourth-order valence-electron chi connectivity index (χ4n) is 2.79. The molecule has 2 rings (SSSR count). The number of piperazine rings is 1. The highest BCUT2D eigenvalue weighted by Crippen LogP contribution is 2.30. The predicted octanol–water partition coefficient (Wildman–Crippen LogP) is 3.05. The van der Waals surface area contributed by atoms with E-state index in [9.17, 15) is 9.90 Å². The van der Waals surface area contributed by atoms with Crippen LogP contribution in [0.4, 0.5) is 11.4 Å². The molecule has 2 N–H and O–H groups in total. The lowest BCUT2D eigenvalue weighted by atomic mass is 9.94. The standard InChI is InChI=1S/C18H27Cl2N3O2/c1-18(2,3)17(25)23-8-6-22(7-9-23)16-5-4-13(10-15(16)20)21-12-14(24)11-19/h4-5,10,14,21,24H,6-9,11-12H2,1-3H3. The second-order valence-corrected chi connectivity index (χ2v) is 8.10. The molecule has 1 heterocycles. The number of aliphatic hydroxyl groups excluding tert-OH is 1. The van der Waals surface area contributed by atoms with Gasteiger partial charge in [-0.2, -0.15) is 0 Å². The summed E-state index contributed by atoms with van der Waals surface area (Å²) in [5.74, 6) is 0.381. The molecular weight excluding hydrogens is 361 g/mol. The third-order valence-electron chi connectivity index (χ3n) is 4.22. The molecule has 1 aromatic rings. The fraction of sp³-hybridized carbons (Fsp3) is 0.611. The molecule has 0 spiro atoms. The smallest absolute Gasteiger partial charge is 0.228 e. The molecule has 1 aliphatic rings. The summed E-state index contributed by atoms with van der Waals surface area (Å²) in [6.07, 6.45) is -0.589. The Morgan fingerprint density at radius 1 is 1.28 bits per heavy atom. The van der Waals surface area contributed by atoms with Crippen molar-refractivity contribution in [3.63, 3.8) is 0 Å². The van der Waals surface area contributed by atoms with Crippen molar-refractivity contribution in [3.8, 4) is 0 Å². The van der Waals surface area contributed by atoms with E-state index in [1.54, 1.807) is 0 Å². The van der Waals surface area contributed by atoms with Crippen LogP contribution >= 0.6 is 23.2 Å². The van der Waals surface area contributed by atoms with Crippen molar-refractivity contribution in [2.75, 3.05) is 48.8 Å². The second kappa shape index (κ2) is 8.47. The Kier molecular flexibility index (Phi) is 6.83. The number of halogens is 2. The Hall–Kier alpha value is -1.17. The van der Waals surface area contributed by atoms with Gasteiger partial charge in [0, 0.05) is 43.8 Å². The molecule has 0 radical (unpaired) electrons. The van der Waals surface area contributed by atoms with E-state index in [0.29, 0.717) is 24.7 Å². The van der Waals surface area contributed by atoms with E-state index in [1.807, 2.05) is 43.9 Å². The van der Waals surface area contributed by atoms with Crippen molar-refractivity contribution in [3.05, 3.63) is 23.2 Å². The molecule has 7 heteroatoms. The minimum Gasteiger partial charge on any atom is -0.390 e. The number of amides is 1. The molecule has 1 atom stereocenters. The van der Waals surface area contributed by atoms with Gasteiger partial charge in [-0.3, -0.25) is 4.79 Å². The molecule has 1 fully saturated rings. The van der Waals surface area contributed by atoms with Crippen LogP contribution in [0.3, 0.4) is 0 Å². The van der Waals surface area contributed by atoms with E-state index in [2.05, 4.69) is 10.2 Å². The number of carbonyl (C=O) groups is 1. The minimum atomic E-state index is -0.589. The molecule has 25 heavy (non-hydrogen) atoms. The third kappa shape index (κ3) is 5.40. The largest absolute Gasteiger partial charge is 0.390 e. The molecule has 5 nitrogen and oxygen atoms in total. The van der Waals surface area contributed by atoms with Crippen LogP contribution in [-0.4, -0.2) is 60.6 Å². The molecule has 140 valence electrons. The Morgan fingerprint density at radius 3 is 2.44 bits per heavy atom. The van der Waals surface area contributed by atoms with E-state index in [1.165, 1.54) is 0 Å². The van der Waals surface area contributed by atoms with Gasteiger partial charge in [0.05, 0.1) is 22.7 Å². The molecule has 1 unspecified atom stereocenters. The Morgan fingerprint density at radius 2 is 1.92 bits per heavy atom. The maximum atomic E-state index is 12.4. The first-order valence-corrected chi connectivity index (χ1v) is 9.45. The van der Waals surface area contributed by atoms with E-state index in [4.69, 9.17) is 23.2 Å². The van der Waals surface area contributed by atoms with Crippen LogP contribution in [0, 0.1) is 5.41 Å². The van der Waals surface area contributed by atoms with Gasteiger partial charge in [-0.05, 0) is 18.2 Å². The van der Waals surface area contributed by atoms with Crippen LogP contribution in [0.25, 0.3) is 0 Å². The zero-order chi connectivity index (χ0) is 18.6. The molecule has 0 aromatic heterocycles. The van der Waals surface area contributed by atoms with Crippen molar-refractivity contribution in [2.45, 2.75) is 26.9 Å². The van der Waals surface area contributed by atoms with Gasteiger partial charge in [-0.1, -0.05) is 32.4 Å². The topological polar surface area (TPSA) is 55.8 Å². The quantitative estimate of drug-likeness (QED) is 0.762. The number of anilines is 2. The van der Waals surface area contributed by atoms with Crippen molar-refractivity contribution in [1.82, 2.24) is 4.90 Å². The maximum absolute atomic E-state index is 12.4. The fourth-order valence-corrected chi connectivity index (χ4v) is 3.20. The number of rotatable bonds is 5. The highest BCUT2D eigenvalue weighted by atomic mass is 35.5. The van der Waals surface area contributed by atoms with Gasteiger partial charge in [0.15, 0.2) is 0 Å². The first-order chi connectivity index (χ1) is 11.7. The zero-order valence-electron chi connectivity index (χ0n) is 15.1. The number of hydrogen-bond acceptors (Lipinski definition) is 4. The van der Waals surface area contributed by atoms with Crippen molar-refractivity contribution in [1.29, 1.82) is 0 Å². The number of carbonyl (C=O) groups excluding carboxylic acids is 1. The van der Waals surface area contributed by atoms with Crippen LogP contribution in [-0.2, 0) is 4.79 Å². The summed E-state index contributed by atoms with van der Waals surface area (Å²) < 4.78 is 0.